The fourth-order valence-electron chi connectivity index (χ4n) is 1.73. The Labute approximate surface area is 101 Å². The maximum absolute atomic E-state index is 8.58. The van der Waals surface area contributed by atoms with Gasteiger partial charge in [-0.3, -0.25) is 0 Å². The summed E-state index contributed by atoms with van der Waals surface area (Å²) in [6.07, 6.45) is 0.256. The second-order valence-corrected chi connectivity index (χ2v) is 3.67. The summed E-state index contributed by atoms with van der Waals surface area (Å²) < 4.78 is 10.8. The zero-order valence-electron chi connectivity index (χ0n) is 9.17. The molecule has 2 aromatic heterocycles. The molecule has 0 atom stereocenters. The summed E-state index contributed by atoms with van der Waals surface area (Å²) in [5.41, 5.74) is 2.36. The summed E-state index contributed by atoms with van der Waals surface area (Å²) in [4.78, 5) is 8.33. The summed E-state index contributed by atoms with van der Waals surface area (Å²) in [6.45, 7) is 0. The molecule has 18 heavy (non-hydrogen) atoms. The third-order valence-corrected chi connectivity index (χ3v) is 2.45. The largest absolute Gasteiger partial charge is 0.439 e. The molecule has 3 aromatic rings. The number of fused-ring (bicyclic) bond motifs is 2. The highest BCUT2D eigenvalue weighted by Crippen LogP contribution is 2.24. The van der Waals surface area contributed by atoms with E-state index in [4.69, 9.17) is 19.4 Å². The standard InChI is InChI=1S/C12H6N4O2/c13-3-1-11-15-7-5-10-8(6-9(7)17-11)16-12(18-10)2-4-14/h5-6H,1-2H2. The van der Waals surface area contributed by atoms with Crippen molar-refractivity contribution in [2.75, 3.05) is 0 Å². The molecule has 6 nitrogen and oxygen atoms in total. The van der Waals surface area contributed by atoms with E-state index in [1.54, 1.807) is 12.1 Å². The molecule has 3 rings (SSSR count). The van der Waals surface area contributed by atoms with Crippen LogP contribution in [0.5, 0.6) is 0 Å². The van der Waals surface area contributed by atoms with Crippen molar-refractivity contribution in [3.8, 4) is 12.1 Å². The van der Waals surface area contributed by atoms with Gasteiger partial charge in [-0.1, -0.05) is 0 Å². The van der Waals surface area contributed by atoms with Gasteiger partial charge in [0.15, 0.2) is 11.2 Å². The Morgan fingerprint density at radius 1 is 0.889 bits per heavy atom. The average Bonchev–Trinajstić information content (AvgIpc) is 2.88. The van der Waals surface area contributed by atoms with Gasteiger partial charge in [0, 0.05) is 12.1 Å². The number of aromatic nitrogens is 2. The zero-order valence-corrected chi connectivity index (χ0v) is 9.17. The molecular formula is C12H6N4O2. The molecule has 0 spiro atoms. The van der Waals surface area contributed by atoms with E-state index in [1.807, 2.05) is 12.1 Å². The van der Waals surface area contributed by atoms with Crippen molar-refractivity contribution in [2.24, 2.45) is 0 Å². The lowest BCUT2D eigenvalue weighted by Gasteiger charge is -1.85. The third-order valence-electron chi connectivity index (χ3n) is 2.45. The Morgan fingerprint density at radius 3 is 1.72 bits per heavy atom. The van der Waals surface area contributed by atoms with Crippen LogP contribution in [0, 0.1) is 22.7 Å². The van der Waals surface area contributed by atoms with E-state index in [0.717, 1.165) is 0 Å². The molecule has 0 unspecified atom stereocenters. The summed E-state index contributed by atoms with van der Waals surface area (Å²) in [7, 11) is 0. The highest BCUT2D eigenvalue weighted by Gasteiger charge is 2.11. The van der Waals surface area contributed by atoms with Crippen molar-refractivity contribution >= 4 is 22.2 Å². The topological polar surface area (TPSA) is 99.6 Å². The van der Waals surface area contributed by atoms with Crippen LogP contribution in [0.15, 0.2) is 21.0 Å². The molecule has 6 heteroatoms. The van der Waals surface area contributed by atoms with Crippen LogP contribution in [0.2, 0.25) is 0 Å². The zero-order chi connectivity index (χ0) is 12.5. The van der Waals surface area contributed by atoms with Gasteiger partial charge in [0.25, 0.3) is 0 Å². The molecule has 2 heterocycles. The number of rotatable bonds is 2. The van der Waals surface area contributed by atoms with Gasteiger partial charge in [0.1, 0.15) is 23.9 Å². The Kier molecular flexibility index (Phi) is 2.21. The van der Waals surface area contributed by atoms with Crippen molar-refractivity contribution in [3.63, 3.8) is 0 Å². The summed E-state index contributed by atoms with van der Waals surface area (Å²) in [5.74, 6) is 0.745. The first-order valence-electron chi connectivity index (χ1n) is 5.23. The third kappa shape index (κ3) is 1.57. The number of benzene rings is 1. The lowest BCUT2D eigenvalue weighted by atomic mass is 10.3. The first-order chi connectivity index (χ1) is 8.80. The van der Waals surface area contributed by atoms with E-state index < -0.39 is 0 Å². The van der Waals surface area contributed by atoms with Gasteiger partial charge in [-0.15, -0.1) is 0 Å². The van der Waals surface area contributed by atoms with Gasteiger partial charge < -0.3 is 8.83 Å². The van der Waals surface area contributed by atoms with E-state index in [0.29, 0.717) is 34.0 Å². The SMILES string of the molecule is N#CCc1nc2cc3oc(CC#N)nc3cc2o1. The minimum absolute atomic E-state index is 0.128. The lowest BCUT2D eigenvalue weighted by Crippen LogP contribution is -1.77. The minimum atomic E-state index is 0.128. The minimum Gasteiger partial charge on any atom is -0.439 e. The molecular weight excluding hydrogens is 232 g/mol. The molecule has 86 valence electrons. The normalized spacial score (nSPS) is 10.6. The van der Waals surface area contributed by atoms with Crippen LogP contribution in [0.1, 0.15) is 11.8 Å². The van der Waals surface area contributed by atoms with Crippen LogP contribution in [0.4, 0.5) is 0 Å². The highest BCUT2D eigenvalue weighted by molar-refractivity contribution is 5.89. The molecule has 0 aliphatic carbocycles. The Balaban J connectivity index is 2.16. The summed E-state index contributed by atoms with van der Waals surface area (Å²) in [6, 6.07) is 7.34. The Hall–Kier alpha value is -2.86. The Morgan fingerprint density at radius 2 is 1.33 bits per heavy atom. The first kappa shape index (κ1) is 10.3. The molecule has 0 aliphatic rings. The van der Waals surface area contributed by atoms with Gasteiger partial charge in [-0.05, 0) is 0 Å². The van der Waals surface area contributed by atoms with Gasteiger partial charge in [-0.2, -0.15) is 10.5 Å². The number of hydrogen-bond donors (Lipinski definition) is 0. The lowest BCUT2D eigenvalue weighted by molar-refractivity contribution is 0.547. The molecule has 0 aliphatic heterocycles. The van der Waals surface area contributed by atoms with Crippen LogP contribution in [0.3, 0.4) is 0 Å². The first-order valence-corrected chi connectivity index (χ1v) is 5.23. The molecule has 0 N–H and O–H groups in total. The van der Waals surface area contributed by atoms with E-state index in [9.17, 15) is 0 Å². The second kappa shape index (κ2) is 3.86. The van der Waals surface area contributed by atoms with E-state index in [1.165, 1.54) is 0 Å². The number of oxazole rings is 2. The van der Waals surface area contributed by atoms with Gasteiger partial charge in [0.05, 0.1) is 12.1 Å². The van der Waals surface area contributed by atoms with Crippen molar-refractivity contribution in [2.45, 2.75) is 12.8 Å². The van der Waals surface area contributed by atoms with E-state index >= 15 is 0 Å². The maximum Gasteiger partial charge on any atom is 0.209 e. The molecule has 0 fully saturated rings. The Bertz CT molecular complexity index is 699. The van der Waals surface area contributed by atoms with Crippen LogP contribution in [-0.2, 0) is 12.8 Å². The highest BCUT2D eigenvalue weighted by atomic mass is 16.4. The number of hydrogen-bond acceptors (Lipinski definition) is 6. The fraction of sp³-hybridized carbons (Fsp3) is 0.167. The van der Waals surface area contributed by atoms with Crippen LogP contribution in [-0.4, -0.2) is 9.97 Å². The molecule has 0 amide bonds. The van der Waals surface area contributed by atoms with Crippen molar-refractivity contribution in [1.29, 1.82) is 10.5 Å². The monoisotopic (exact) mass is 238 g/mol. The van der Waals surface area contributed by atoms with Gasteiger partial charge in [-0.25, -0.2) is 9.97 Å². The molecule has 0 bridgehead atoms. The van der Waals surface area contributed by atoms with Crippen LogP contribution < -0.4 is 0 Å². The predicted molar refractivity (Wildman–Crippen MR) is 60.2 cm³/mol. The van der Waals surface area contributed by atoms with Crippen molar-refractivity contribution in [3.05, 3.63) is 23.9 Å². The summed E-state index contributed by atoms with van der Waals surface area (Å²) >= 11 is 0. The van der Waals surface area contributed by atoms with E-state index in [-0.39, 0.29) is 12.8 Å². The smallest absolute Gasteiger partial charge is 0.209 e. The summed E-state index contributed by atoms with van der Waals surface area (Å²) in [5, 5.41) is 17.2. The second-order valence-electron chi connectivity index (χ2n) is 3.67. The number of nitrogens with zero attached hydrogens (tertiary/aromatic N) is 4. The fourth-order valence-corrected chi connectivity index (χ4v) is 1.73. The predicted octanol–water partition coefficient (Wildman–Crippen LogP) is 2.10. The van der Waals surface area contributed by atoms with Gasteiger partial charge >= 0.3 is 0 Å². The van der Waals surface area contributed by atoms with Crippen LogP contribution >= 0.6 is 0 Å². The van der Waals surface area contributed by atoms with Crippen molar-refractivity contribution < 1.29 is 8.83 Å². The average molecular weight is 238 g/mol. The van der Waals surface area contributed by atoms with E-state index in [2.05, 4.69) is 9.97 Å². The van der Waals surface area contributed by atoms with Crippen LogP contribution in [0.25, 0.3) is 22.2 Å². The van der Waals surface area contributed by atoms with Crippen molar-refractivity contribution in [1.82, 2.24) is 9.97 Å². The molecule has 0 saturated carbocycles. The molecule has 1 aromatic carbocycles. The van der Waals surface area contributed by atoms with Gasteiger partial charge in [0.2, 0.25) is 11.8 Å². The number of nitriles is 2. The maximum atomic E-state index is 8.58. The molecule has 0 radical (unpaired) electrons. The molecule has 0 saturated heterocycles. The quantitative estimate of drug-likeness (QED) is 0.677.